The van der Waals surface area contributed by atoms with Crippen LogP contribution in [0.1, 0.15) is 35.2 Å². The van der Waals surface area contributed by atoms with Crippen molar-refractivity contribution in [1.82, 2.24) is 29.4 Å². The van der Waals surface area contributed by atoms with Gasteiger partial charge in [0.25, 0.3) is 11.5 Å². The first-order valence-corrected chi connectivity index (χ1v) is 8.28. The Morgan fingerprint density at radius 3 is 2.88 bits per heavy atom. The predicted octanol–water partition coefficient (Wildman–Crippen LogP) is 1.41. The Morgan fingerprint density at radius 1 is 1.35 bits per heavy atom. The molecule has 8 nitrogen and oxygen atoms in total. The number of para-hydroxylation sites is 1. The molecule has 3 aromatic rings. The van der Waals surface area contributed by atoms with Gasteiger partial charge in [-0.15, -0.1) is 10.2 Å². The second-order valence-corrected chi connectivity index (χ2v) is 6.25. The van der Waals surface area contributed by atoms with Gasteiger partial charge < -0.3 is 9.47 Å². The minimum absolute atomic E-state index is 0.0918. The van der Waals surface area contributed by atoms with E-state index in [9.17, 15) is 14.0 Å². The Balaban J connectivity index is 1.74. The molecule has 1 saturated heterocycles. The van der Waals surface area contributed by atoms with Gasteiger partial charge in [0.05, 0.1) is 11.7 Å². The molecule has 0 saturated carbocycles. The van der Waals surface area contributed by atoms with Gasteiger partial charge in [-0.05, 0) is 25.0 Å². The molecule has 2 aromatic heterocycles. The van der Waals surface area contributed by atoms with Gasteiger partial charge in [0, 0.05) is 19.7 Å². The second kappa shape index (κ2) is 6.25. The van der Waals surface area contributed by atoms with E-state index in [0.717, 1.165) is 12.8 Å². The Kier molecular flexibility index (Phi) is 3.90. The molecule has 1 N–H and O–H groups in total. The van der Waals surface area contributed by atoms with E-state index in [-0.39, 0.29) is 23.3 Å². The van der Waals surface area contributed by atoms with Gasteiger partial charge in [-0.2, -0.15) is 0 Å². The molecular weight excluding hydrogens is 339 g/mol. The third-order valence-corrected chi connectivity index (χ3v) is 4.60. The lowest BCUT2D eigenvalue weighted by Gasteiger charge is -2.24. The SMILES string of the molecule is Cn1cnnc1C1CCCN1C(=O)c1cc(=O)[nH]n1-c1ccccc1F. The van der Waals surface area contributed by atoms with Crippen molar-refractivity contribution in [1.29, 1.82) is 0 Å². The van der Waals surface area contributed by atoms with Crippen molar-refractivity contribution in [3.05, 3.63) is 64.3 Å². The quantitative estimate of drug-likeness (QED) is 0.768. The molecule has 3 heterocycles. The number of amides is 1. The molecule has 1 aliphatic rings. The van der Waals surface area contributed by atoms with Crippen LogP contribution in [-0.4, -0.2) is 41.9 Å². The van der Waals surface area contributed by atoms with Crippen molar-refractivity contribution >= 4 is 5.91 Å². The van der Waals surface area contributed by atoms with Gasteiger partial charge >= 0.3 is 0 Å². The number of hydrogen-bond acceptors (Lipinski definition) is 4. The van der Waals surface area contributed by atoms with Gasteiger partial charge in [0.2, 0.25) is 0 Å². The number of rotatable bonds is 3. The number of halogens is 1. The highest BCUT2D eigenvalue weighted by Gasteiger charge is 2.35. The van der Waals surface area contributed by atoms with E-state index in [1.165, 1.54) is 22.9 Å². The summed E-state index contributed by atoms with van der Waals surface area (Å²) in [5.74, 6) is -0.192. The molecule has 9 heteroatoms. The fourth-order valence-electron chi connectivity index (χ4n) is 3.39. The molecule has 0 radical (unpaired) electrons. The normalized spacial score (nSPS) is 17.0. The minimum atomic E-state index is -0.528. The van der Waals surface area contributed by atoms with Crippen molar-refractivity contribution in [2.45, 2.75) is 18.9 Å². The van der Waals surface area contributed by atoms with Crippen molar-refractivity contribution < 1.29 is 9.18 Å². The fraction of sp³-hybridized carbons (Fsp3) is 0.294. The van der Waals surface area contributed by atoms with E-state index in [1.54, 1.807) is 27.9 Å². The number of hydrogen-bond donors (Lipinski definition) is 1. The Morgan fingerprint density at radius 2 is 2.15 bits per heavy atom. The lowest BCUT2D eigenvalue weighted by atomic mass is 10.2. The lowest BCUT2D eigenvalue weighted by Crippen LogP contribution is -2.33. The molecule has 1 unspecified atom stereocenters. The molecule has 0 spiro atoms. The van der Waals surface area contributed by atoms with Crippen LogP contribution in [0.3, 0.4) is 0 Å². The molecule has 26 heavy (non-hydrogen) atoms. The highest BCUT2D eigenvalue weighted by molar-refractivity contribution is 5.93. The molecule has 0 aliphatic carbocycles. The fourth-order valence-corrected chi connectivity index (χ4v) is 3.39. The number of aromatic nitrogens is 5. The summed E-state index contributed by atoms with van der Waals surface area (Å²) in [5, 5.41) is 10.5. The second-order valence-electron chi connectivity index (χ2n) is 6.25. The predicted molar refractivity (Wildman–Crippen MR) is 90.4 cm³/mol. The Hall–Kier alpha value is -3.23. The molecule has 1 aliphatic heterocycles. The first-order chi connectivity index (χ1) is 12.6. The van der Waals surface area contributed by atoms with Gasteiger partial charge in [0.1, 0.15) is 17.8 Å². The molecule has 1 fully saturated rings. The molecule has 1 amide bonds. The number of benzene rings is 1. The van der Waals surface area contributed by atoms with Crippen LogP contribution in [-0.2, 0) is 7.05 Å². The zero-order valence-corrected chi connectivity index (χ0v) is 14.1. The zero-order valence-electron chi connectivity index (χ0n) is 14.1. The van der Waals surface area contributed by atoms with Gasteiger partial charge in [-0.3, -0.25) is 14.7 Å². The molecule has 4 rings (SSSR count). The van der Waals surface area contributed by atoms with Crippen molar-refractivity contribution in [3.8, 4) is 5.69 Å². The van der Waals surface area contributed by atoms with Crippen LogP contribution < -0.4 is 5.56 Å². The van der Waals surface area contributed by atoms with Gasteiger partial charge in [0.15, 0.2) is 5.82 Å². The monoisotopic (exact) mass is 356 g/mol. The summed E-state index contributed by atoms with van der Waals surface area (Å²) < 4.78 is 17.1. The average Bonchev–Trinajstić information content (AvgIpc) is 3.34. The van der Waals surface area contributed by atoms with E-state index in [2.05, 4.69) is 15.3 Å². The maximum absolute atomic E-state index is 14.2. The number of likely N-dealkylation sites (tertiary alicyclic amines) is 1. The number of nitrogens with zero attached hydrogens (tertiary/aromatic N) is 5. The first-order valence-electron chi connectivity index (χ1n) is 8.28. The molecule has 0 bridgehead atoms. The van der Waals surface area contributed by atoms with Crippen molar-refractivity contribution in [3.63, 3.8) is 0 Å². The standard InChI is InChI=1S/C17H17FN6O2/c1-22-10-19-20-16(22)13-7-4-8-23(13)17(26)14-9-15(25)21-24(14)12-6-3-2-5-11(12)18/h2-3,5-6,9-10,13H,4,7-8H2,1H3,(H,21,25). The average molecular weight is 356 g/mol. The van der Waals surface area contributed by atoms with Crippen LogP contribution in [0.15, 0.2) is 41.5 Å². The minimum Gasteiger partial charge on any atom is -0.327 e. The number of aryl methyl sites for hydroxylation is 1. The summed E-state index contributed by atoms with van der Waals surface area (Å²) in [6.07, 6.45) is 3.16. The third-order valence-electron chi connectivity index (χ3n) is 4.60. The maximum atomic E-state index is 14.2. The smallest absolute Gasteiger partial charge is 0.273 e. The first kappa shape index (κ1) is 16.2. The van der Waals surface area contributed by atoms with E-state index >= 15 is 0 Å². The number of aromatic amines is 1. The van der Waals surface area contributed by atoms with Gasteiger partial charge in [-0.1, -0.05) is 12.1 Å². The summed E-state index contributed by atoms with van der Waals surface area (Å²) in [6.45, 7) is 0.535. The van der Waals surface area contributed by atoms with Crippen LogP contribution in [0.5, 0.6) is 0 Å². The Labute approximate surface area is 147 Å². The van der Waals surface area contributed by atoms with Crippen molar-refractivity contribution in [2.75, 3.05) is 6.54 Å². The van der Waals surface area contributed by atoms with Crippen LogP contribution in [0, 0.1) is 5.82 Å². The van der Waals surface area contributed by atoms with E-state index in [0.29, 0.717) is 12.4 Å². The van der Waals surface area contributed by atoms with E-state index < -0.39 is 11.4 Å². The lowest BCUT2D eigenvalue weighted by molar-refractivity contribution is 0.0718. The number of carbonyl (C=O) groups excluding carboxylic acids is 1. The zero-order chi connectivity index (χ0) is 18.3. The van der Waals surface area contributed by atoms with Crippen LogP contribution in [0.4, 0.5) is 4.39 Å². The summed E-state index contributed by atoms with van der Waals surface area (Å²) in [7, 11) is 1.82. The number of nitrogens with one attached hydrogen (secondary N) is 1. The third kappa shape index (κ3) is 2.61. The molecule has 134 valence electrons. The molecular formula is C17H17FN6O2. The van der Waals surface area contributed by atoms with E-state index in [4.69, 9.17) is 0 Å². The summed E-state index contributed by atoms with van der Waals surface area (Å²) >= 11 is 0. The maximum Gasteiger partial charge on any atom is 0.273 e. The molecule has 1 aromatic carbocycles. The molecule has 1 atom stereocenters. The summed E-state index contributed by atoms with van der Waals surface area (Å²) in [5.41, 5.74) is -0.257. The summed E-state index contributed by atoms with van der Waals surface area (Å²) in [6, 6.07) is 6.94. The Bertz CT molecular complexity index is 1020. The largest absolute Gasteiger partial charge is 0.327 e. The van der Waals surface area contributed by atoms with Crippen LogP contribution in [0.2, 0.25) is 0 Å². The number of H-pyrrole nitrogens is 1. The van der Waals surface area contributed by atoms with Crippen LogP contribution in [0.25, 0.3) is 5.69 Å². The van der Waals surface area contributed by atoms with Crippen LogP contribution >= 0.6 is 0 Å². The van der Waals surface area contributed by atoms with E-state index in [1.807, 2.05) is 7.05 Å². The number of carbonyl (C=O) groups is 1. The van der Waals surface area contributed by atoms with Crippen molar-refractivity contribution in [2.24, 2.45) is 7.05 Å². The van der Waals surface area contributed by atoms with Gasteiger partial charge in [-0.25, -0.2) is 9.07 Å². The highest BCUT2D eigenvalue weighted by atomic mass is 19.1. The topological polar surface area (TPSA) is 88.8 Å². The highest BCUT2D eigenvalue weighted by Crippen LogP contribution is 2.31. The summed E-state index contributed by atoms with van der Waals surface area (Å²) in [4.78, 5) is 26.7.